The van der Waals surface area contributed by atoms with Crippen LogP contribution in [0.1, 0.15) is 55.8 Å². The maximum atomic E-state index is 12.6. The average Bonchev–Trinajstić information content (AvgIpc) is 3.58. The zero-order chi connectivity index (χ0) is 19.0. The number of carbonyl (C=O) groups is 1. The lowest BCUT2D eigenvalue weighted by Gasteiger charge is -2.48. The van der Waals surface area contributed by atoms with Crippen molar-refractivity contribution in [1.29, 1.82) is 0 Å². The molecule has 2 aromatic heterocycles. The summed E-state index contributed by atoms with van der Waals surface area (Å²) in [7, 11) is 0. The van der Waals surface area contributed by atoms with Crippen molar-refractivity contribution in [1.82, 2.24) is 19.9 Å². The molecule has 1 spiro atoms. The van der Waals surface area contributed by atoms with Crippen molar-refractivity contribution < 1.29 is 4.79 Å². The molecule has 3 aliphatic rings. The van der Waals surface area contributed by atoms with Crippen LogP contribution in [0.4, 0.5) is 5.82 Å². The van der Waals surface area contributed by atoms with Gasteiger partial charge in [0.05, 0.1) is 12.2 Å². The van der Waals surface area contributed by atoms with E-state index in [1.807, 2.05) is 23.1 Å². The van der Waals surface area contributed by atoms with Crippen LogP contribution in [0.15, 0.2) is 36.8 Å². The van der Waals surface area contributed by atoms with E-state index in [9.17, 15) is 4.79 Å². The van der Waals surface area contributed by atoms with E-state index in [-0.39, 0.29) is 11.3 Å². The van der Waals surface area contributed by atoms with Gasteiger partial charge < -0.3 is 9.80 Å². The first-order valence-electron chi connectivity index (χ1n) is 10.5. The minimum absolute atomic E-state index is 0.158. The predicted octanol–water partition coefficient (Wildman–Crippen LogP) is 3.16. The Morgan fingerprint density at radius 1 is 1.11 bits per heavy atom. The van der Waals surface area contributed by atoms with Crippen LogP contribution in [0.2, 0.25) is 0 Å². The summed E-state index contributed by atoms with van der Waals surface area (Å²) in [5, 5.41) is 0. The van der Waals surface area contributed by atoms with Crippen molar-refractivity contribution in [2.45, 2.75) is 51.0 Å². The molecule has 2 saturated heterocycles. The first-order chi connectivity index (χ1) is 13.7. The molecule has 5 rings (SSSR count). The van der Waals surface area contributed by atoms with Crippen LogP contribution in [0.25, 0.3) is 0 Å². The molecule has 3 fully saturated rings. The minimum atomic E-state index is 0.158. The van der Waals surface area contributed by atoms with Gasteiger partial charge in [-0.1, -0.05) is 6.07 Å². The molecule has 0 radical (unpaired) electrons. The summed E-state index contributed by atoms with van der Waals surface area (Å²) >= 11 is 0. The van der Waals surface area contributed by atoms with Crippen LogP contribution in [0.5, 0.6) is 0 Å². The van der Waals surface area contributed by atoms with E-state index < -0.39 is 0 Å². The summed E-state index contributed by atoms with van der Waals surface area (Å²) in [6.45, 7) is 3.44. The lowest BCUT2D eigenvalue weighted by atomic mass is 9.73. The molecule has 28 heavy (non-hydrogen) atoms. The van der Waals surface area contributed by atoms with E-state index >= 15 is 0 Å². The van der Waals surface area contributed by atoms with Gasteiger partial charge in [-0.2, -0.15) is 0 Å². The molecule has 1 atom stereocenters. The van der Waals surface area contributed by atoms with Gasteiger partial charge in [0.15, 0.2) is 0 Å². The molecule has 146 valence electrons. The van der Waals surface area contributed by atoms with Crippen molar-refractivity contribution in [2.24, 2.45) is 5.41 Å². The standard InChI is InChI=1S/C22H27N5O/c28-21-7-9-22(15-27(21)13-18-4-1-2-10-23-18)8-3-11-26(14-22)20-12-19(17-5-6-17)24-16-25-20/h1-2,4,10,12,16-17H,3,5-9,11,13-15H2/t22-/m1/s1. The Hall–Kier alpha value is -2.50. The van der Waals surface area contributed by atoms with Crippen molar-refractivity contribution in [3.8, 4) is 0 Å². The Labute approximate surface area is 166 Å². The fraction of sp³-hybridized carbons (Fsp3) is 0.545. The minimum Gasteiger partial charge on any atom is -0.356 e. The number of amides is 1. The average molecular weight is 377 g/mol. The van der Waals surface area contributed by atoms with E-state index in [2.05, 4.69) is 25.9 Å². The second-order valence-corrected chi connectivity index (χ2v) is 8.67. The highest BCUT2D eigenvalue weighted by atomic mass is 16.2. The summed E-state index contributed by atoms with van der Waals surface area (Å²) < 4.78 is 0. The van der Waals surface area contributed by atoms with Gasteiger partial charge in [0.25, 0.3) is 0 Å². The van der Waals surface area contributed by atoms with E-state index in [0.717, 1.165) is 44.0 Å². The third-order valence-corrected chi connectivity index (χ3v) is 6.48. The summed E-state index contributed by atoms with van der Waals surface area (Å²) in [6, 6.07) is 8.10. The quantitative estimate of drug-likeness (QED) is 0.819. The Morgan fingerprint density at radius 2 is 2.04 bits per heavy atom. The molecule has 0 N–H and O–H groups in total. The van der Waals surface area contributed by atoms with Gasteiger partial charge in [-0.15, -0.1) is 0 Å². The molecule has 0 aromatic carbocycles. The summed E-state index contributed by atoms with van der Waals surface area (Å²) in [5.74, 6) is 1.96. The highest BCUT2D eigenvalue weighted by molar-refractivity contribution is 5.77. The number of piperidine rings is 2. The molecule has 6 heteroatoms. The second-order valence-electron chi connectivity index (χ2n) is 8.67. The van der Waals surface area contributed by atoms with Crippen LogP contribution in [-0.2, 0) is 11.3 Å². The molecule has 1 aliphatic carbocycles. The number of aromatic nitrogens is 3. The Kier molecular flexibility index (Phi) is 4.49. The normalized spacial score (nSPS) is 25.4. The summed E-state index contributed by atoms with van der Waals surface area (Å²) in [5.41, 5.74) is 2.32. The van der Waals surface area contributed by atoms with E-state index in [1.165, 1.54) is 25.0 Å². The monoisotopic (exact) mass is 377 g/mol. The van der Waals surface area contributed by atoms with Gasteiger partial charge in [0.1, 0.15) is 12.1 Å². The molecule has 2 aliphatic heterocycles. The number of hydrogen-bond acceptors (Lipinski definition) is 5. The van der Waals surface area contributed by atoms with Gasteiger partial charge in [-0.25, -0.2) is 9.97 Å². The number of carbonyl (C=O) groups excluding carboxylic acids is 1. The Morgan fingerprint density at radius 3 is 2.86 bits per heavy atom. The molecular formula is C22H27N5O. The highest BCUT2D eigenvalue weighted by Gasteiger charge is 2.42. The topological polar surface area (TPSA) is 62.2 Å². The molecular weight excluding hydrogens is 350 g/mol. The largest absolute Gasteiger partial charge is 0.356 e. The summed E-state index contributed by atoms with van der Waals surface area (Å²) in [4.78, 5) is 30.5. The van der Waals surface area contributed by atoms with Crippen LogP contribution in [0.3, 0.4) is 0 Å². The third kappa shape index (κ3) is 3.60. The van der Waals surface area contributed by atoms with E-state index in [0.29, 0.717) is 18.9 Å². The second kappa shape index (κ2) is 7.15. The zero-order valence-corrected chi connectivity index (χ0v) is 16.3. The van der Waals surface area contributed by atoms with Gasteiger partial charge in [-0.3, -0.25) is 9.78 Å². The maximum absolute atomic E-state index is 12.6. The van der Waals surface area contributed by atoms with E-state index in [1.54, 1.807) is 12.5 Å². The smallest absolute Gasteiger partial charge is 0.222 e. The first kappa shape index (κ1) is 17.6. The summed E-state index contributed by atoms with van der Waals surface area (Å²) in [6.07, 6.45) is 9.97. The van der Waals surface area contributed by atoms with Crippen LogP contribution < -0.4 is 4.90 Å². The SMILES string of the molecule is O=C1CC[C@@]2(CCCN(c3cc(C4CC4)ncn3)C2)CN1Cc1ccccn1. The third-order valence-electron chi connectivity index (χ3n) is 6.48. The van der Waals surface area contributed by atoms with Gasteiger partial charge in [0, 0.05) is 55.3 Å². The van der Waals surface area contributed by atoms with Crippen LogP contribution in [-0.4, -0.2) is 45.4 Å². The number of likely N-dealkylation sites (tertiary alicyclic amines) is 1. The maximum Gasteiger partial charge on any atom is 0.222 e. The highest BCUT2D eigenvalue weighted by Crippen LogP contribution is 2.42. The van der Waals surface area contributed by atoms with Gasteiger partial charge in [-0.05, 0) is 44.2 Å². The number of nitrogens with zero attached hydrogens (tertiary/aromatic N) is 5. The first-order valence-corrected chi connectivity index (χ1v) is 10.5. The number of hydrogen-bond donors (Lipinski definition) is 0. The van der Waals surface area contributed by atoms with Crippen molar-refractivity contribution in [3.05, 3.63) is 48.2 Å². The number of anilines is 1. The zero-order valence-electron chi connectivity index (χ0n) is 16.3. The van der Waals surface area contributed by atoms with Crippen molar-refractivity contribution in [3.63, 3.8) is 0 Å². The molecule has 2 aromatic rings. The Balaban J connectivity index is 1.32. The molecule has 0 bridgehead atoms. The lowest BCUT2D eigenvalue weighted by molar-refractivity contribution is -0.138. The van der Waals surface area contributed by atoms with E-state index in [4.69, 9.17) is 0 Å². The molecule has 6 nitrogen and oxygen atoms in total. The fourth-order valence-electron chi connectivity index (χ4n) is 4.81. The molecule has 4 heterocycles. The van der Waals surface area contributed by atoms with Crippen LogP contribution >= 0.6 is 0 Å². The predicted molar refractivity (Wildman–Crippen MR) is 107 cm³/mol. The molecule has 1 amide bonds. The molecule has 1 saturated carbocycles. The van der Waals surface area contributed by atoms with Crippen molar-refractivity contribution >= 4 is 11.7 Å². The van der Waals surface area contributed by atoms with Gasteiger partial charge in [0.2, 0.25) is 5.91 Å². The number of pyridine rings is 1. The van der Waals surface area contributed by atoms with Gasteiger partial charge >= 0.3 is 0 Å². The van der Waals surface area contributed by atoms with Crippen molar-refractivity contribution in [2.75, 3.05) is 24.5 Å². The van der Waals surface area contributed by atoms with Crippen LogP contribution in [0, 0.1) is 5.41 Å². The molecule has 0 unspecified atom stereocenters. The number of rotatable bonds is 4. The fourth-order valence-corrected chi connectivity index (χ4v) is 4.81. The lowest BCUT2D eigenvalue weighted by Crippen LogP contribution is -2.54. The Bertz CT molecular complexity index is 853.